The van der Waals surface area contributed by atoms with E-state index in [4.69, 9.17) is 10.2 Å². The van der Waals surface area contributed by atoms with Gasteiger partial charge in [-0.3, -0.25) is 4.79 Å². The molecule has 1 aromatic carbocycles. The predicted molar refractivity (Wildman–Crippen MR) is 83.3 cm³/mol. The molecule has 2 N–H and O–H groups in total. The molecule has 0 aromatic heterocycles. The third-order valence-corrected chi connectivity index (χ3v) is 4.25. The van der Waals surface area contributed by atoms with Gasteiger partial charge < -0.3 is 15.1 Å². The molecule has 0 amide bonds. The fourth-order valence-electron chi connectivity index (χ4n) is 3.04. The molecule has 0 aliphatic carbocycles. The molecule has 0 spiro atoms. The highest BCUT2D eigenvalue weighted by molar-refractivity contribution is 5.87. The molecule has 1 aliphatic rings. The first kappa shape index (κ1) is 16.5. The van der Waals surface area contributed by atoms with Gasteiger partial charge in [0, 0.05) is 13.0 Å². The molecule has 5 nitrogen and oxygen atoms in total. The highest BCUT2D eigenvalue weighted by atomic mass is 16.4. The van der Waals surface area contributed by atoms with Crippen molar-refractivity contribution in [1.82, 2.24) is 4.90 Å². The number of aliphatic carboxylic acids is 1. The monoisotopic (exact) mass is 305 g/mol. The summed E-state index contributed by atoms with van der Waals surface area (Å²) in [6.45, 7) is 2.98. The Hall–Kier alpha value is -1.88. The number of aromatic carboxylic acids is 1. The molecule has 1 aliphatic heterocycles. The molecule has 0 unspecified atom stereocenters. The van der Waals surface area contributed by atoms with Crippen molar-refractivity contribution in [2.75, 3.05) is 19.6 Å². The normalized spacial score (nSPS) is 19.0. The topological polar surface area (TPSA) is 77.8 Å². The molecule has 2 rings (SSSR count). The first-order valence-electron chi connectivity index (χ1n) is 7.83. The maximum atomic E-state index is 10.9. The number of benzene rings is 1. The van der Waals surface area contributed by atoms with E-state index in [0.717, 1.165) is 45.3 Å². The third-order valence-electron chi connectivity index (χ3n) is 4.25. The van der Waals surface area contributed by atoms with E-state index in [1.165, 1.54) is 5.56 Å². The van der Waals surface area contributed by atoms with Gasteiger partial charge >= 0.3 is 11.9 Å². The van der Waals surface area contributed by atoms with Gasteiger partial charge in [0.05, 0.1) is 5.56 Å². The summed E-state index contributed by atoms with van der Waals surface area (Å²) >= 11 is 0. The number of carboxylic acid groups (broad SMARTS) is 2. The van der Waals surface area contributed by atoms with Crippen LogP contribution in [0.1, 0.15) is 53.9 Å². The van der Waals surface area contributed by atoms with Gasteiger partial charge in [-0.1, -0.05) is 12.1 Å². The van der Waals surface area contributed by atoms with E-state index >= 15 is 0 Å². The van der Waals surface area contributed by atoms with E-state index in [1.54, 1.807) is 12.1 Å². The number of rotatable bonds is 7. The van der Waals surface area contributed by atoms with E-state index in [0.29, 0.717) is 11.5 Å². The lowest BCUT2D eigenvalue weighted by Gasteiger charge is -2.33. The van der Waals surface area contributed by atoms with Crippen LogP contribution >= 0.6 is 0 Å². The summed E-state index contributed by atoms with van der Waals surface area (Å²) in [5.41, 5.74) is 1.52. The molecule has 1 fully saturated rings. The van der Waals surface area contributed by atoms with Crippen LogP contribution in [0.2, 0.25) is 0 Å². The Morgan fingerprint density at radius 1 is 1.14 bits per heavy atom. The van der Waals surface area contributed by atoms with Crippen molar-refractivity contribution in [3.05, 3.63) is 35.4 Å². The summed E-state index contributed by atoms with van der Waals surface area (Å²) in [6, 6.07) is 7.18. The van der Waals surface area contributed by atoms with Crippen molar-refractivity contribution in [3.63, 3.8) is 0 Å². The van der Waals surface area contributed by atoms with Gasteiger partial charge in [0.2, 0.25) is 0 Å². The molecule has 1 aromatic rings. The van der Waals surface area contributed by atoms with Crippen molar-refractivity contribution in [2.24, 2.45) is 0 Å². The van der Waals surface area contributed by atoms with Crippen LogP contribution in [0.5, 0.6) is 0 Å². The molecular weight excluding hydrogens is 282 g/mol. The van der Waals surface area contributed by atoms with Crippen LogP contribution in [0.4, 0.5) is 0 Å². The van der Waals surface area contributed by atoms with Gasteiger partial charge in [0.25, 0.3) is 0 Å². The molecule has 0 saturated carbocycles. The van der Waals surface area contributed by atoms with E-state index in [2.05, 4.69) is 4.90 Å². The highest BCUT2D eigenvalue weighted by Crippen LogP contribution is 2.27. The van der Waals surface area contributed by atoms with Crippen LogP contribution in [0.25, 0.3) is 0 Å². The SMILES string of the molecule is O=C(O)CCCCN1CCC[C@H](c2ccc(C(=O)O)cc2)C1. The lowest BCUT2D eigenvalue weighted by atomic mass is 9.90. The van der Waals surface area contributed by atoms with Crippen molar-refractivity contribution in [2.45, 2.75) is 38.0 Å². The lowest BCUT2D eigenvalue weighted by molar-refractivity contribution is -0.137. The average molecular weight is 305 g/mol. The Morgan fingerprint density at radius 2 is 1.86 bits per heavy atom. The van der Waals surface area contributed by atoms with Gasteiger partial charge in [-0.25, -0.2) is 4.79 Å². The molecule has 1 atom stereocenters. The second kappa shape index (κ2) is 7.94. The molecule has 5 heteroatoms. The Balaban J connectivity index is 1.84. The van der Waals surface area contributed by atoms with Gasteiger partial charge in [-0.15, -0.1) is 0 Å². The zero-order valence-electron chi connectivity index (χ0n) is 12.7. The first-order chi connectivity index (χ1) is 10.6. The van der Waals surface area contributed by atoms with Crippen LogP contribution < -0.4 is 0 Å². The zero-order valence-corrected chi connectivity index (χ0v) is 12.7. The highest BCUT2D eigenvalue weighted by Gasteiger charge is 2.21. The van der Waals surface area contributed by atoms with Crippen LogP contribution in [-0.2, 0) is 4.79 Å². The minimum Gasteiger partial charge on any atom is -0.481 e. The zero-order chi connectivity index (χ0) is 15.9. The van der Waals surface area contributed by atoms with E-state index in [9.17, 15) is 9.59 Å². The average Bonchev–Trinajstić information content (AvgIpc) is 2.52. The summed E-state index contributed by atoms with van der Waals surface area (Å²) < 4.78 is 0. The summed E-state index contributed by atoms with van der Waals surface area (Å²) in [5.74, 6) is -1.18. The molecular formula is C17H23NO4. The number of carboxylic acids is 2. The van der Waals surface area contributed by atoms with E-state index < -0.39 is 11.9 Å². The largest absolute Gasteiger partial charge is 0.481 e. The summed E-state index contributed by atoms with van der Waals surface area (Å²) in [6.07, 6.45) is 4.14. The summed E-state index contributed by atoms with van der Waals surface area (Å²) in [4.78, 5) is 23.8. The molecule has 0 bridgehead atoms. The Kier molecular flexibility index (Phi) is 5.95. The maximum absolute atomic E-state index is 10.9. The van der Waals surface area contributed by atoms with Crippen molar-refractivity contribution in [3.8, 4) is 0 Å². The number of carbonyl (C=O) groups is 2. The van der Waals surface area contributed by atoms with Gasteiger partial charge in [-0.05, 0) is 62.4 Å². The van der Waals surface area contributed by atoms with Crippen molar-refractivity contribution in [1.29, 1.82) is 0 Å². The predicted octanol–water partition coefficient (Wildman–Crippen LogP) is 2.82. The Morgan fingerprint density at radius 3 is 2.50 bits per heavy atom. The Labute approximate surface area is 130 Å². The number of likely N-dealkylation sites (tertiary alicyclic amines) is 1. The smallest absolute Gasteiger partial charge is 0.335 e. The Bertz CT molecular complexity index is 512. The molecule has 120 valence electrons. The van der Waals surface area contributed by atoms with Crippen LogP contribution in [-0.4, -0.2) is 46.7 Å². The van der Waals surface area contributed by atoms with E-state index in [1.807, 2.05) is 12.1 Å². The number of hydrogen-bond acceptors (Lipinski definition) is 3. The summed E-state index contributed by atoms with van der Waals surface area (Å²) in [5, 5.41) is 17.6. The lowest BCUT2D eigenvalue weighted by Crippen LogP contribution is -2.35. The first-order valence-corrected chi connectivity index (χ1v) is 7.83. The minimum absolute atomic E-state index is 0.244. The molecule has 1 saturated heterocycles. The van der Waals surface area contributed by atoms with Crippen LogP contribution in [0.15, 0.2) is 24.3 Å². The van der Waals surface area contributed by atoms with Gasteiger partial charge in [0.15, 0.2) is 0 Å². The van der Waals surface area contributed by atoms with Gasteiger partial charge in [-0.2, -0.15) is 0 Å². The molecule has 22 heavy (non-hydrogen) atoms. The second-order valence-corrected chi connectivity index (χ2v) is 5.92. The number of hydrogen-bond donors (Lipinski definition) is 2. The third kappa shape index (κ3) is 4.84. The minimum atomic E-state index is -0.893. The fraction of sp³-hybridized carbons (Fsp3) is 0.529. The second-order valence-electron chi connectivity index (χ2n) is 5.92. The van der Waals surface area contributed by atoms with Crippen molar-refractivity contribution >= 4 is 11.9 Å². The van der Waals surface area contributed by atoms with Gasteiger partial charge in [0.1, 0.15) is 0 Å². The maximum Gasteiger partial charge on any atom is 0.335 e. The standard InChI is InChI=1S/C17H23NO4/c19-16(20)5-1-2-10-18-11-3-4-15(12-18)13-6-8-14(9-7-13)17(21)22/h6-9,15H,1-5,10-12H2,(H,19,20)(H,21,22)/t15-/m0/s1. The fourth-order valence-corrected chi connectivity index (χ4v) is 3.04. The number of nitrogens with zero attached hydrogens (tertiary/aromatic N) is 1. The van der Waals surface area contributed by atoms with Crippen LogP contribution in [0, 0.1) is 0 Å². The number of piperidine rings is 1. The molecule has 0 radical (unpaired) electrons. The van der Waals surface area contributed by atoms with Crippen molar-refractivity contribution < 1.29 is 19.8 Å². The number of unbranched alkanes of at least 4 members (excludes halogenated alkanes) is 1. The quantitative estimate of drug-likeness (QED) is 0.757. The summed E-state index contributed by atoms with van der Waals surface area (Å²) in [7, 11) is 0. The van der Waals surface area contributed by atoms with E-state index in [-0.39, 0.29) is 6.42 Å². The van der Waals surface area contributed by atoms with Crippen LogP contribution in [0.3, 0.4) is 0 Å². The molecule has 1 heterocycles.